The van der Waals surface area contributed by atoms with Crippen LogP contribution >= 0.6 is 0 Å². The highest BCUT2D eigenvalue weighted by atomic mass is 19.1. The zero-order valence-electron chi connectivity index (χ0n) is 14.6. The largest absolute Gasteiger partial charge is 0.383 e. The molecule has 0 aliphatic heterocycles. The van der Waals surface area contributed by atoms with Gasteiger partial charge in [0.2, 0.25) is 11.8 Å². The van der Waals surface area contributed by atoms with Gasteiger partial charge in [-0.1, -0.05) is 19.3 Å². The molecule has 1 aliphatic carbocycles. The standard InChI is InChI=1S/C18H26FN3O3/c1-25-10-9-20-12-17(23)21-14-7-8-15(19)16(11-14)22-18(24)13-5-3-2-4-6-13/h7-8,11,13,20H,2-6,9-10,12H2,1H3,(H,21,23)(H,22,24). The van der Waals surface area contributed by atoms with Crippen LogP contribution in [0.3, 0.4) is 0 Å². The fourth-order valence-electron chi connectivity index (χ4n) is 2.88. The number of nitrogens with one attached hydrogen (secondary N) is 3. The van der Waals surface area contributed by atoms with E-state index in [2.05, 4.69) is 16.0 Å². The van der Waals surface area contributed by atoms with Gasteiger partial charge in [0.25, 0.3) is 0 Å². The number of hydrogen-bond acceptors (Lipinski definition) is 4. The van der Waals surface area contributed by atoms with Gasteiger partial charge in [-0.2, -0.15) is 0 Å². The highest BCUT2D eigenvalue weighted by Gasteiger charge is 2.22. The number of carbonyl (C=O) groups excluding carboxylic acids is 2. The first-order chi connectivity index (χ1) is 12.1. The summed E-state index contributed by atoms with van der Waals surface area (Å²) < 4.78 is 18.9. The fraction of sp³-hybridized carbons (Fsp3) is 0.556. The Balaban J connectivity index is 1.90. The van der Waals surface area contributed by atoms with Gasteiger partial charge < -0.3 is 20.7 Å². The Morgan fingerprint density at radius 1 is 1.20 bits per heavy atom. The van der Waals surface area contributed by atoms with E-state index < -0.39 is 5.82 Å². The lowest BCUT2D eigenvalue weighted by Crippen LogP contribution is -2.30. The summed E-state index contributed by atoms with van der Waals surface area (Å²) in [6.07, 6.45) is 4.91. The van der Waals surface area contributed by atoms with Crippen LogP contribution in [0.4, 0.5) is 15.8 Å². The number of ether oxygens (including phenoxy) is 1. The second-order valence-electron chi connectivity index (χ2n) is 6.24. The molecule has 0 bridgehead atoms. The first-order valence-electron chi connectivity index (χ1n) is 8.70. The van der Waals surface area contributed by atoms with Crippen LogP contribution in [0.15, 0.2) is 18.2 Å². The van der Waals surface area contributed by atoms with Crippen molar-refractivity contribution < 1.29 is 18.7 Å². The van der Waals surface area contributed by atoms with Gasteiger partial charge >= 0.3 is 0 Å². The van der Waals surface area contributed by atoms with E-state index in [9.17, 15) is 14.0 Å². The smallest absolute Gasteiger partial charge is 0.238 e. The highest BCUT2D eigenvalue weighted by Crippen LogP contribution is 2.26. The summed E-state index contributed by atoms with van der Waals surface area (Å²) >= 11 is 0. The molecule has 0 spiro atoms. The van der Waals surface area contributed by atoms with Crippen LogP contribution in [0, 0.1) is 11.7 Å². The molecule has 0 aromatic heterocycles. The molecule has 6 nitrogen and oxygen atoms in total. The summed E-state index contributed by atoms with van der Waals surface area (Å²) in [5.74, 6) is -0.965. The van der Waals surface area contributed by atoms with Crippen molar-refractivity contribution in [3.05, 3.63) is 24.0 Å². The van der Waals surface area contributed by atoms with Crippen molar-refractivity contribution in [1.82, 2.24) is 5.32 Å². The monoisotopic (exact) mass is 351 g/mol. The van der Waals surface area contributed by atoms with Gasteiger partial charge in [0.05, 0.1) is 18.8 Å². The Bertz CT molecular complexity index is 589. The van der Waals surface area contributed by atoms with Crippen molar-refractivity contribution in [2.24, 2.45) is 5.92 Å². The maximum Gasteiger partial charge on any atom is 0.238 e. The van der Waals surface area contributed by atoms with Crippen molar-refractivity contribution in [3.8, 4) is 0 Å². The van der Waals surface area contributed by atoms with Crippen LogP contribution < -0.4 is 16.0 Å². The average Bonchev–Trinajstić information content (AvgIpc) is 2.62. The number of hydrogen-bond donors (Lipinski definition) is 3. The lowest BCUT2D eigenvalue weighted by Gasteiger charge is -2.21. The van der Waals surface area contributed by atoms with E-state index in [-0.39, 0.29) is 30.0 Å². The van der Waals surface area contributed by atoms with E-state index in [1.165, 1.54) is 18.2 Å². The maximum atomic E-state index is 14.0. The Morgan fingerprint density at radius 2 is 1.96 bits per heavy atom. The number of carbonyl (C=O) groups is 2. The molecule has 0 saturated heterocycles. The van der Waals surface area contributed by atoms with Crippen LogP contribution in [0.1, 0.15) is 32.1 Å². The first kappa shape index (κ1) is 19.3. The number of rotatable bonds is 8. The zero-order valence-corrected chi connectivity index (χ0v) is 14.6. The van der Waals surface area contributed by atoms with E-state index in [1.54, 1.807) is 7.11 Å². The van der Waals surface area contributed by atoms with Gasteiger partial charge in [-0.25, -0.2) is 4.39 Å². The van der Waals surface area contributed by atoms with Crippen LogP contribution in [-0.4, -0.2) is 38.6 Å². The first-order valence-corrected chi connectivity index (χ1v) is 8.70. The second kappa shape index (κ2) is 10.1. The van der Waals surface area contributed by atoms with Crippen molar-refractivity contribution >= 4 is 23.2 Å². The number of methoxy groups -OCH3 is 1. The normalized spacial score (nSPS) is 15.0. The van der Waals surface area contributed by atoms with E-state index >= 15 is 0 Å². The second-order valence-corrected chi connectivity index (χ2v) is 6.24. The molecule has 1 aliphatic rings. The average molecular weight is 351 g/mol. The molecule has 1 aromatic rings. The molecule has 0 radical (unpaired) electrons. The highest BCUT2D eigenvalue weighted by molar-refractivity contribution is 5.95. The molecule has 1 aromatic carbocycles. The molecule has 2 amide bonds. The lowest BCUT2D eigenvalue weighted by molar-refractivity contribution is -0.120. The number of benzene rings is 1. The number of amides is 2. The lowest BCUT2D eigenvalue weighted by atomic mass is 9.88. The molecular weight excluding hydrogens is 325 g/mol. The summed E-state index contributed by atoms with van der Waals surface area (Å²) in [7, 11) is 1.59. The van der Waals surface area contributed by atoms with Crippen LogP contribution in [0.2, 0.25) is 0 Å². The summed E-state index contributed by atoms with van der Waals surface area (Å²) in [4.78, 5) is 24.1. The molecule has 1 saturated carbocycles. The van der Waals surface area contributed by atoms with Crippen LogP contribution in [0.25, 0.3) is 0 Å². The van der Waals surface area contributed by atoms with Gasteiger partial charge in [-0.3, -0.25) is 9.59 Å². The van der Waals surface area contributed by atoms with Gasteiger partial charge in [0.15, 0.2) is 0 Å². The predicted octanol–water partition coefficient (Wildman–Crippen LogP) is 2.52. The number of anilines is 2. The third-order valence-electron chi connectivity index (χ3n) is 4.25. The van der Waals surface area contributed by atoms with Crippen molar-refractivity contribution in [1.29, 1.82) is 0 Å². The topological polar surface area (TPSA) is 79.5 Å². The van der Waals surface area contributed by atoms with Gasteiger partial charge in [0.1, 0.15) is 5.82 Å². The molecule has 2 rings (SSSR count). The van der Waals surface area contributed by atoms with Crippen LogP contribution in [0.5, 0.6) is 0 Å². The number of halogens is 1. The minimum atomic E-state index is -0.514. The third kappa shape index (κ3) is 6.43. The van der Waals surface area contributed by atoms with Crippen LogP contribution in [-0.2, 0) is 14.3 Å². The molecule has 7 heteroatoms. The van der Waals surface area contributed by atoms with E-state index in [4.69, 9.17) is 4.74 Å². The van der Waals surface area contributed by atoms with Crippen molar-refractivity contribution in [2.45, 2.75) is 32.1 Å². The Hall–Kier alpha value is -1.99. The zero-order chi connectivity index (χ0) is 18.1. The molecule has 138 valence electrons. The Kier molecular flexibility index (Phi) is 7.81. The van der Waals surface area contributed by atoms with E-state index in [0.717, 1.165) is 32.1 Å². The van der Waals surface area contributed by atoms with Gasteiger partial charge in [-0.15, -0.1) is 0 Å². The minimum absolute atomic E-state index is 0.0589. The van der Waals surface area contributed by atoms with E-state index in [0.29, 0.717) is 18.8 Å². The minimum Gasteiger partial charge on any atom is -0.383 e. The van der Waals surface area contributed by atoms with Crippen molar-refractivity contribution in [3.63, 3.8) is 0 Å². The van der Waals surface area contributed by atoms with E-state index in [1.807, 2.05) is 0 Å². The quantitative estimate of drug-likeness (QED) is 0.629. The van der Waals surface area contributed by atoms with Gasteiger partial charge in [0, 0.05) is 25.3 Å². The predicted molar refractivity (Wildman–Crippen MR) is 95.0 cm³/mol. The molecule has 25 heavy (non-hydrogen) atoms. The summed E-state index contributed by atoms with van der Waals surface area (Å²) in [6, 6.07) is 4.16. The molecule has 3 N–H and O–H groups in total. The Morgan fingerprint density at radius 3 is 2.68 bits per heavy atom. The molecule has 1 fully saturated rings. The summed E-state index contributed by atoms with van der Waals surface area (Å²) in [5.41, 5.74) is 0.541. The molecule has 0 unspecified atom stereocenters. The fourth-order valence-corrected chi connectivity index (χ4v) is 2.88. The molecular formula is C18H26FN3O3. The van der Waals surface area contributed by atoms with Gasteiger partial charge in [-0.05, 0) is 31.0 Å². The summed E-state index contributed by atoms with van der Waals surface area (Å²) in [6.45, 7) is 1.21. The molecule has 0 heterocycles. The maximum absolute atomic E-state index is 14.0. The SMILES string of the molecule is COCCNCC(=O)Nc1ccc(F)c(NC(=O)C2CCCCC2)c1. The summed E-state index contributed by atoms with van der Waals surface area (Å²) in [5, 5.41) is 8.26. The van der Waals surface area contributed by atoms with Crippen molar-refractivity contribution in [2.75, 3.05) is 37.4 Å². The third-order valence-corrected chi connectivity index (χ3v) is 4.25. The molecule has 0 atom stereocenters. The Labute approximate surface area is 147 Å².